The number of nitrogens with zero attached hydrogens (tertiary/aromatic N) is 3. The van der Waals surface area contributed by atoms with Crippen LogP contribution < -0.4 is 22.3 Å². The highest BCUT2D eigenvalue weighted by molar-refractivity contribution is 6.33. The highest BCUT2D eigenvalue weighted by Gasteiger charge is 2.19. The average Bonchev–Trinajstić information content (AvgIpc) is 3.42. The van der Waals surface area contributed by atoms with E-state index in [2.05, 4.69) is 15.2 Å². The Balaban J connectivity index is 1.56. The molecule has 0 aliphatic carbocycles. The minimum absolute atomic E-state index is 0.0135. The Kier molecular flexibility index (Phi) is 9.04. The second kappa shape index (κ2) is 12.6. The largest absolute Gasteiger partial charge is 0.427 e. The van der Waals surface area contributed by atoms with Gasteiger partial charge in [-0.2, -0.15) is 4.73 Å². The number of aromatic nitrogens is 1. The number of nitrogens with one attached hydrogen (secondary N) is 2. The van der Waals surface area contributed by atoms with Gasteiger partial charge in [-0.05, 0) is 62.2 Å². The van der Waals surface area contributed by atoms with Crippen LogP contribution in [-0.4, -0.2) is 52.8 Å². The number of anilines is 1. The van der Waals surface area contributed by atoms with E-state index in [1.54, 1.807) is 48.5 Å². The third kappa shape index (κ3) is 6.93. The molecule has 1 aliphatic rings. The van der Waals surface area contributed by atoms with Gasteiger partial charge in [0.1, 0.15) is 5.84 Å². The first kappa shape index (κ1) is 27.2. The fourth-order valence-corrected chi connectivity index (χ4v) is 4.93. The van der Waals surface area contributed by atoms with Crippen molar-refractivity contribution < 1.29 is 10.0 Å². The molecule has 1 fully saturated rings. The molecule has 2 heterocycles. The van der Waals surface area contributed by atoms with E-state index >= 15 is 0 Å². The molecule has 0 unspecified atom stereocenters. The van der Waals surface area contributed by atoms with Crippen molar-refractivity contribution in [2.24, 2.45) is 10.7 Å². The Hall–Kier alpha value is -3.82. The third-order valence-corrected chi connectivity index (χ3v) is 6.92. The molecule has 0 atom stereocenters. The lowest BCUT2D eigenvalue weighted by molar-refractivity contribution is -0.120. The molecule has 9 nitrogen and oxygen atoms in total. The molecule has 1 aromatic heterocycles. The fourth-order valence-electron chi connectivity index (χ4n) is 4.61. The van der Waals surface area contributed by atoms with Crippen molar-refractivity contribution in [1.82, 2.24) is 14.9 Å². The van der Waals surface area contributed by atoms with E-state index in [1.807, 2.05) is 6.07 Å². The lowest BCUT2D eigenvalue weighted by Crippen LogP contribution is -2.30. The molecule has 10 heteroatoms. The molecule has 3 aromatic rings. The summed E-state index contributed by atoms with van der Waals surface area (Å²) < 4.78 is 0.960. The Labute approximate surface area is 227 Å². The van der Waals surface area contributed by atoms with Gasteiger partial charge in [-0.3, -0.25) is 15.2 Å². The summed E-state index contributed by atoms with van der Waals surface area (Å²) in [7, 11) is 0. The van der Waals surface area contributed by atoms with Crippen LogP contribution in [0.25, 0.3) is 11.1 Å². The summed E-state index contributed by atoms with van der Waals surface area (Å²) in [6.07, 6.45) is 3.23. The third-order valence-electron chi connectivity index (χ3n) is 6.62. The summed E-state index contributed by atoms with van der Waals surface area (Å²) in [5, 5.41) is 21.9. The van der Waals surface area contributed by atoms with Crippen molar-refractivity contribution in [1.29, 1.82) is 5.41 Å². The second-order valence-electron chi connectivity index (χ2n) is 9.46. The summed E-state index contributed by atoms with van der Waals surface area (Å²) in [6, 6.07) is 15.9. The van der Waals surface area contributed by atoms with Crippen LogP contribution in [0.3, 0.4) is 0 Å². The van der Waals surface area contributed by atoms with Crippen LogP contribution in [0.5, 0.6) is 0 Å². The van der Waals surface area contributed by atoms with Gasteiger partial charge < -0.3 is 26.9 Å². The number of hydrogen-bond acceptors (Lipinski definition) is 6. The van der Waals surface area contributed by atoms with E-state index in [1.165, 1.54) is 12.8 Å². The van der Waals surface area contributed by atoms with E-state index in [0.29, 0.717) is 45.1 Å². The molecule has 2 aromatic carbocycles. The summed E-state index contributed by atoms with van der Waals surface area (Å²) in [5.41, 5.74) is 15.4. The van der Waals surface area contributed by atoms with Crippen molar-refractivity contribution in [3.63, 3.8) is 0 Å². The average molecular weight is 536 g/mol. The van der Waals surface area contributed by atoms with Gasteiger partial charge in [0.25, 0.3) is 0 Å². The number of nitrogen functional groups attached to an aromatic ring is 2. The van der Waals surface area contributed by atoms with Crippen LogP contribution in [-0.2, 0) is 17.8 Å². The zero-order valence-electron chi connectivity index (χ0n) is 21.3. The van der Waals surface area contributed by atoms with Crippen molar-refractivity contribution in [3.05, 3.63) is 81.9 Å². The van der Waals surface area contributed by atoms with Gasteiger partial charge in [-0.15, -0.1) is 0 Å². The monoisotopic (exact) mass is 535 g/mol. The van der Waals surface area contributed by atoms with Gasteiger partial charge in [-0.1, -0.05) is 48.0 Å². The SMILES string of the molecule is N=C(N)c1ccc(CNC(=O)Cc2c(-c3cccc(N)c3)c(Cl)cc(=NCCCN3CCCC3)n2O)cc1. The molecule has 0 saturated carbocycles. The Morgan fingerprint density at radius 3 is 2.55 bits per heavy atom. The second-order valence-corrected chi connectivity index (χ2v) is 9.86. The molecular weight excluding hydrogens is 502 g/mol. The standard InChI is InChI=1S/C28H34ClN7O2/c29-23-16-25(33-11-4-14-35-12-1-2-13-35)36(38)24(27(23)21-5-3-6-22(30)15-21)17-26(37)34-18-19-7-9-20(10-8-19)28(31)32/h3,5-10,15-16,38H,1-2,4,11-14,17-18,30H2,(H3,31,32)(H,34,37). The molecule has 0 radical (unpaired) electrons. The molecule has 0 bridgehead atoms. The molecule has 38 heavy (non-hydrogen) atoms. The number of nitrogens with two attached hydrogens (primary N) is 2. The first-order valence-corrected chi connectivity index (χ1v) is 13.1. The first-order valence-electron chi connectivity index (χ1n) is 12.7. The lowest BCUT2D eigenvalue weighted by Gasteiger charge is -2.17. The number of carbonyl (C=O) groups excluding carboxylic acids is 1. The predicted octanol–water partition coefficient (Wildman–Crippen LogP) is 3.16. The zero-order chi connectivity index (χ0) is 27.1. The Morgan fingerprint density at radius 2 is 1.87 bits per heavy atom. The normalized spacial score (nSPS) is 14.1. The maximum atomic E-state index is 13.0. The van der Waals surface area contributed by atoms with Crippen LogP contribution in [0.4, 0.5) is 5.69 Å². The Bertz CT molecular complexity index is 1360. The fraction of sp³-hybridized carbons (Fsp3) is 0.321. The van der Waals surface area contributed by atoms with E-state index in [9.17, 15) is 10.0 Å². The van der Waals surface area contributed by atoms with Crippen molar-refractivity contribution in [2.75, 3.05) is 31.9 Å². The van der Waals surface area contributed by atoms with Crippen molar-refractivity contribution >= 4 is 29.0 Å². The number of amides is 1. The van der Waals surface area contributed by atoms with E-state index in [-0.39, 0.29) is 24.7 Å². The van der Waals surface area contributed by atoms with E-state index in [0.717, 1.165) is 36.3 Å². The summed E-state index contributed by atoms with van der Waals surface area (Å²) >= 11 is 6.71. The van der Waals surface area contributed by atoms with Gasteiger partial charge in [0.15, 0.2) is 5.49 Å². The highest BCUT2D eigenvalue weighted by Crippen LogP contribution is 2.31. The number of benzene rings is 2. The molecule has 1 saturated heterocycles. The molecule has 7 N–H and O–H groups in total. The van der Waals surface area contributed by atoms with E-state index < -0.39 is 0 Å². The summed E-state index contributed by atoms with van der Waals surface area (Å²) in [6.45, 7) is 4.03. The van der Waals surface area contributed by atoms with Crippen molar-refractivity contribution in [3.8, 4) is 11.1 Å². The Morgan fingerprint density at radius 1 is 1.13 bits per heavy atom. The number of hydrogen-bond donors (Lipinski definition) is 5. The number of pyridine rings is 1. The number of amidine groups is 1. The number of halogens is 1. The van der Waals surface area contributed by atoms with Gasteiger partial charge in [0.2, 0.25) is 5.91 Å². The number of carbonyl (C=O) groups is 1. The van der Waals surface area contributed by atoms with Gasteiger partial charge in [-0.25, -0.2) is 0 Å². The molecule has 0 spiro atoms. The highest BCUT2D eigenvalue weighted by atomic mass is 35.5. The molecule has 1 aliphatic heterocycles. The molecule has 200 valence electrons. The van der Waals surface area contributed by atoms with Crippen LogP contribution in [0, 0.1) is 5.41 Å². The van der Waals surface area contributed by atoms with Crippen LogP contribution in [0.1, 0.15) is 36.1 Å². The molecule has 1 amide bonds. The number of rotatable bonds is 10. The number of likely N-dealkylation sites (tertiary alicyclic amines) is 1. The molecular formula is C28H34ClN7O2. The minimum Gasteiger partial charge on any atom is -0.427 e. The maximum Gasteiger partial charge on any atom is 0.226 e. The van der Waals surface area contributed by atoms with Gasteiger partial charge in [0, 0.05) is 36.0 Å². The lowest BCUT2D eigenvalue weighted by atomic mass is 10.0. The van der Waals surface area contributed by atoms with Crippen LogP contribution in [0.15, 0.2) is 59.6 Å². The molecule has 4 rings (SSSR count). The summed E-state index contributed by atoms with van der Waals surface area (Å²) in [4.78, 5) is 20.0. The van der Waals surface area contributed by atoms with Crippen molar-refractivity contribution in [2.45, 2.75) is 32.2 Å². The topological polar surface area (TPSA) is 146 Å². The predicted molar refractivity (Wildman–Crippen MR) is 150 cm³/mol. The minimum atomic E-state index is -0.296. The van der Waals surface area contributed by atoms with Crippen LogP contribution >= 0.6 is 11.6 Å². The summed E-state index contributed by atoms with van der Waals surface area (Å²) in [5.74, 6) is -0.309. The first-order chi connectivity index (χ1) is 18.3. The zero-order valence-corrected chi connectivity index (χ0v) is 22.0. The maximum absolute atomic E-state index is 13.0. The van der Waals surface area contributed by atoms with E-state index in [4.69, 9.17) is 28.5 Å². The van der Waals surface area contributed by atoms with Gasteiger partial charge >= 0.3 is 0 Å². The smallest absolute Gasteiger partial charge is 0.226 e. The van der Waals surface area contributed by atoms with Crippen LogP contribution in [0.2, 0.25) is 5.02 Å². The van der Waals surface area contributed by atoms with Gasteiger partial charge in [0.05, 0.1) is 17.1 Å². The quantitative estimate of drug-likeness (QED) is 0.0889.